The van der Waals surface area contributed by atoms with Gasteiger partial charge in [0.25, 0.3) is 11.7 Å². The molecule has 1 saturated heterocycles. The Bertz CT molecular complexity index is 1220. The van der Waals surface area contributed by atoms with Crippen molar-refractivity contribution in [3.8, 4) is 11.5 Å². The number of ether oxygens (including phenoxy) is 2. The van der Waals surface area contributed by atoms with Crippen molar-refractivity contribution in [2.75, 3.05) is 19.8 Å². The van der Waals surface area contributed by atoms with E-state index >= 15 is 0 Å². The lowest BCUT2D eigenvalue weighted by molar-refractivity contribution is -0.139. The molecule has 1 amide bonds. The number of nitrogens with zero attached hydrogens (tertiary/aromatic N) is 3. The van der Waals surface area contributed by atoms with E-state index in [-0.39, 0.29) is 11.3 Å². The van der Waals surface area contributed by atoms with Crippen LogP contribution in [0.5, 0.6) is 11.5 Å². The minimum atomic E-state index is -0.757. The van der Waals surface area contributed by atoms with Gasteiger partial charge in [0, 0.05) is 31.0 Å². The van der Waals surface area contributed by atoms with E-state index < -0.39 is 17.7 Å². The summed E-state index contributed by atoms with van der Waals surface area (Å²) in [6.07, 6.45) is 6.72. The van der Waals surface area contributed by atoms with Gasteiger partial charge in [-0.2, -0.15) is 0 Å². The molecule has 0 aliphatic carbocycles. The lowest BCUT2D eigenvalue weighted by Crippen LogP contribution is -2.31. The number of benzene rings is 2. The molecule has 3 aromatic rings. The number of carbonyl (C=O) groups is 2. The lowest BCUT2D eigenvalue weighted by Gasteiger charge is -2.26. The molecule has 36 heavy (non-hydrogen) atoms. The van der Waals surface area contributed by atoms with Crippen LogP contribution in [-0.2, 0) is 16.1 Å². The first-order valence-electron chi connectivity index (χ1n) is 12.2. The fraction of sp³-hybridized carbons (Fsp3) is 0.321. The number of carbonyl (C=O) groups excluding carboxylic acids is 2. The van der Waals surface area contributed by atoms with Crippen LogP contribution in [0.1, 0.15) is 43.9 Å². The summed E-state index contributed by atoms with van der Waals surface area (Å²) in [5, 5.41) is 11.2. The molecule has 0 radical (unpaired) electrons. The van der Waals surface area contributed by atoms with Crippen LogP contribution in [0.25, 0.3) is 5.76 Å². The lowest BCUT2D eigenvalue weighted by atomic mass is 9.95. The number of Topliss-reactive ketones (excluding diaryl/α,β-unsaturated/α-hetero) is 1. The second-order valence-corrected chi connectivity index (χ2v) is 8.50. The molecule has 1 fully saturated rings. The molecule has 1 N–H and O–H groups in total. The van der Waals surface area contributed by atoms with Gasteiger partial charge in [-0.05, 0) is 37.5 Å². The van der Waals surface area contributed by atoms with Crippen LogP contribution >= 0.6 is 0 Å². The fourth-order valence-electron chi connectivity index (χ4n) is 4.35. The van der Waals surface area contributed by atoms with Crippen molar-refractivity contribution >= 4 is 17.4 Å². The van der Waals surface area contributed by atoms with Gasteiger partial charge in [0.05, 0.1) is 31.2 Å². The molecular weight excluding hydrogens is 458 g/mol. The summed E-state index contributed by atoms with van der Waals surface area (Å²) in [4.78, 5) is 32.0. The molecule has 1 atom stereocenters. The number of imidazole rings is 1. The topological polar surface area (TPSA) is 93.9 Å². The Balaban J connectivity index is 1.75. The van der Waals surface area contributed by atoms with Gasteiger partial charge in [0.1, 0.15) is 5.76 Å². The van der Waals surface area contributed by atoms with Crippen LogP contribution in [0.2, 0.25) is 0 Å². The highest BCUT2D eigenvalue weighted by Gasteiger charge is 2.46. The molecule has 2 heterocycles. The Morgan fingerprint density at radius 2 is 1.83 bits per heavy atom. The van der Waals surface area contributed by atoms with Gasteiger partial charge in [0.15, 0.2) is 11.5 Å². The molecule has 1 aliphatic heterocycles. The standard InChI is InChI=1S/C28H31N3O5/c1-3-17-36-22-12-11-21(18-23(22)35-4-2)25-24(26(32)20-9-6-5-7-10-20)27(33)28(34)31(25)15-8-14-30-16-13-29-19-30/h5-7,9-13,16,18-19,25,32H,3-4,8,14-15,17H2,1-2H3/b26-24+. The highest BCUT2D eigenvalue weighted by Crippen LogP contribution is 2.42. The van der Waals surface area contributed by atoms with Crippen LogP contribution in [0.3, 0.4) is 0 Å². The Labute approximate surface area is 210 Å². The Kier molecular flexibility index (Phi) is 8.05. The summed E-state index contributed by atoms with van der Waals surface area (Å²) >= 11 is 0. The average molecular weight is 490 g/mol. The van der Waals surface area contributed by atoms with Crippen LogP contribution < -0.4 is 9.47 Å². The van der Waals surface area contributed by atoms with Gasteiger partial charge in [-0.25, -0.2) is 4.98 Å². The zero-order chi connectivity index (χ0) is 25.5. The molecule has 0 saturated carbocycles. The third-order valence-electron chi connectivity index (χ3n) is 6.01. The zero-order valence-corrected chi connectivity index (χ0v) is 20.6. The Morgan fingerprint density at radius 1 is 1.03 bits per heavy atom. The van der Waals surface area contributed by atoms with Gasteiger partial charge in [-0.15, -0.1) is 0 Å². The highest BCUT2D eigenvalue weighted by atomic mass is 16.5. The van der Waals surface area contributed by atoms with Gasteiger partial charge < -0.3 is 24.0 Å². The van der Waals surface area contributed by atoms with E-state index in [2.05, 4.69) is 4.98 Å². The maximum absolute atomic E-state index is 13.2. The molecule has 0 bridgehead atoms. The molecule has 1 aliphatic rings. The van der Waals surface area contributed by atoms with Gasteiger partial charge in [-0.1, -0.05) is 43.3 Å². The van der Waals surface area contributed by atoms with Crippen LogP contribution in [0, 0.1) is 0 Å². The van der Waals surface area contributed by atoms with Crippen molar-refractivity contribution < 1.29 is 24.2 Å². The summed E-state index contributed by atoms with van der Waals surface area (Å²) in [5.41, 5.74) is 1.21. The summed E-state index contributed by atoms with van der Waals surface area (Å²) in [6, 6.07) is 13.5. The summed E-state index contributed by atoms with van der Waals surface area (Å²) in [6.45, 7) is 5.85. The number of rotatable bonds is 11. The molecule has 8 nitrogen and oxygen atoms in total. The van der Waals surface area contributed by atoms with Crippen LogP contribution in [0.4, 0.5) is 0 Å². The van der Waals surface area contributed by atoms with Crippen LogP contribution in [-0.4, -0.2) is 51.0 Å². The van der Waals surface area contributed by atoms with Gasteiger partial charge in [-0.3, -0.25) is 9.59 Å². The maximum atomic E-state index is 13.2. The van der Waals surface area contributed by atoms with Gasteiger partial charge in [0.2, 0.25) is 0 Å². The number of aliphatic hydroxyl groups is 1. The van der Waals surface area contributed by atoms with E-state index in [0.29, 0.717) is 55.4 Å². The van der Waals surface area contributed by atoms with E-state index in [1.165, 1.54) is 4.90 Å². The maximum Gasteiger partial charge on any atom is 0.295 e. The summed E-state index contributed by atoms with van der Waals surface area (Å²) < 4.78 is 13.6. The number of hydrogen-bond donors (Lipinski definition) is 1. The Hall–Kier alpha value is -4.07. The van der Waals surface area contributed by atoms with Crippen molar-refractivity contribution in [3.63, 3.8) is 0 Å². The van der Waals surface area contributed by atoms with Crippen molar-refractivity contribution in [2.45, 2.75) is 39.3 Å². The molecule has 188 valence electrons. The number of aliphatic hydroxyl groups excluding tert-OH is 1. The number of hydrogen-bond acceptors (Lipinski definition) is 6. The minimum absolute atomic E-state index is 0.0681. The summed E-state index contributed by atoms with van der Waals surface area (Å²) in [5.74, 6) is -0.393. The summed E-state index contributed by atoms with van der Waals surface area (Å²) in [7, 11) is 0. The largest absolute Gasteiger partial charge is 0.507 e. The monoisotopic (exact) mass is 489 g/mol. The Morgan fingerprint density at radius 3 is 2.53 bits per heavy atom. The van der Waals surface area contributed by atoms with Crippen LogP contribution in [0.15, 0.2) is 72.8 Å². The van der Waals surface area contributed by atoms with E-state index in [1.807, 2.05) is 36.7 Å². The second-order valence-electron chi connectivity index (χ2n) is 8.50. The van der Waals surface area contributed by atoms with E-state index in [1.54, 1.807) is 48.9 Å². The molecule has 0 spiro atoms. The number of ketones is 1. The third-order valence-corrected chi connectivity index (χ3v) is 6.01. The SMILES string of the molecule is CCCOc1ccc(C2/C(=C(\O)c3ccccc3)C(=O)C(=O)N2CCCn2ccnc2)cc1OCC. The number of aryl methyl sites for hydroxylation is 1. The molecule has 4 rings (SSSR count). The normalized spacial score (nSPS) is 16.9. The first-order chi connectivity index (χ1) is 17.5. The van der Waals surface area contributed by atoms with Gasteiger partial charge >= 0.3 is 0 Å². The number of likely N-dealkylation sites (tertiary alicyclic amines) is 1. The van der Waals surface area contributed by atoms with E-state index in [0.717, 1.165) is 6.42 Å². The molecule has 2 aromatic carbocycles. The molecule has 1 unspecified atom stereocenters. The average Bonchev–Trinajstić information content (AvgIpc) is 3.50. The van der Waals surface area contributed by atoms with Crippen molar-refractivity contribution in [2.24, 2.45) is 0 Å². The van der Waals surface area contributed by atoms with E-state index in [4.69, 9.17) is 9.47 Å². The first-order valence-corrected chi connectivity index (χ1v) is 12.2. The first kappa shape index (κ1) is 25.0. The van der Waals surface area contributed by atoms with Crippen molar-refractivity contribution in [1.82, 2.24) is 14.5 Å². The van der Waals surface area contributed by atoms with Crippen molar-refractivity contribution in [3.05, 3.63) is 84.0 Å². The van der Waals surface area contributed by atoms with Crippen molar-refractivity contribution in [1.29, 1.82) is 0 Å². The quantitative estimate of drug-likeness (QED) is 0.241. The highest BCUT2D eigenvalue weighted by molar-refractivity contribution is 6.46. The fourth-order valence-corrected chi connectivity index (χ4v) is 4.35. The number of aromatic nitrogens is 2. The molecule has 1 aromatic heterocycles. The number of amides is 1. The van der Waals surface area contributed by atoms with E-state index in [9.17, 15) is 14.7 Å². The predicted molar refractivity (Wildman–Crippen MR) is 136 cm³/mol. The second kappa shape index (κ2) is 11.6. The predicted octanol–water partition coefficient (Wildman–Crippen LogP) is 4.58. The zero-order valence-electron chi connectivity index (χ0n) is 20.6. The molecule has 8 heteroatoms. The smallest absolute Gasteiger partial charge is 0.295 e. The third kappa shape index (κ3) is 5.27. The minimum Gasteiger partial charge on any atom is -0.507 e. The molecular formula is C28H31N3O5.